The number of hydroxylamine groups is 1. The molecular weight excluding hydrogens is 222 g/mol. The zero-order valence-electron chi connectivity index (χ0n) is 9.70. The molecule has 0 unspecified atom stereocenters. The summed E-state index contributed by atoms with van der Waals surface area (Å²) >= 11 is 6.03. The maximum atomic E-state index is 8.67. The molecule has 0 spiro atoms. The van der Waals surface area contributed by atoms with E-state index in [1.54, 1.807) is 0 Å². The predicted molar refractivity (Wildman–Crippen MR) is 68.7 cm³/mol. The summed E-state index contributed by atoms with van der Waals surface area (Å²) in [6, 6.07) is 7.74. The van der Waals surface area contributed by atoms with Gasteiger partial charge in [-0.25, -0.2) is 5.48 Å². The summed E-state index contributed by atoms with van der Waals surface area (Å²) in [4.78, 5) is 0. The van der Waals surface area contributed by atoms with Gasteiger partial charge in [-0.3, -0.25) is 0 Å². The van der Waals surface area contributed by atoms with Crippen LogP contribution in [-0.4, -0.2) is 11.8 Å². The molecule has 0 aliphatic carbocycles. The molecule has 88 valence electrons. The lowest BCUT2D eigenvalue weighted by Crippen LogP contribution is -2.26. The highest BCUT2D eigenvalue weighted by molar-refractivity contribution is 6.32. The van der Waals surface area contributed by atoms with Gasteiger partial charge in [0, 0.05) is 11.6 Å². The van der Waals surface area contributed by atoms with E-state index in [0.29, 0.717) is 6.54 Å². The Balaban J connectivity index is 2.58. The number of allylic oxidation sites excluding steroid dienone is 1. The molecular formula is C13H18ClNO. The van der Waals surface area contributed by atoms with Crippen LogP contribution in [0.15, 0.2) is 30.3 Å². The Morgan fingerprint density at radius 1 is 1.38 bits per heavy atom. The second kappa shape index (κ2) is 6.04. The lowest BCUT2D eigenvalue weighted by Gasteiger charge is -2.21. The molecule has 0 aromatic heterocycles. The van der Waals surface area contributed by atoms with Gasteiger partial charge in [0.05, 0.1) is 0 Å². The minimum Gasteiger partial charge on any atom is -0.317 e. The Hall–Kier alpha value is -0.830. The smallest absolute Gasteiger partial charge is 0.0478 e. The molecule has 3 heteroatoms. The molecule has 0 heterocycles. The van der Waals surface area contributed by atoms with E-state index in [9.17, 15) is 0 Å². The van der Waals surface area contributed by atoms with Gasteiger partial charge < -0.3 is 5.21 Å². The van der Waals surface area contributed by atoms with Crippen LogP contribution < -0.4 is 5.48 Å². The number of benzene rings is 1. The van der Waals surface area contributed by atoms with Gasteiger partial charge in [-0.1, -0.05) is 55.8 Å². The molecule has 2 N–H and O–H groups in total. The minimum absolute atomic E-state index is 0.0342. The van der Waals surface area contributed by atoms with Crippen molar-refractivity contribution >= 4 is 17.7 Å². The third-order valence-corrected chi connectivity index (χ3v) is 2.77. The third kappa shape index (κ3) is 4.35. The number of hydrogen-bond acceptors (Lipinski definition) is 2. The summed E-state index contributed by atoms with van der Waals surface area (Å²) in [6.07, 6.45) is 4.98. The van der Waals surface area contributed by atoms with Crippen LogP contribution >= 0.6 is 11.6 Å². The topological polar surface area (TPSA) is 32.3 Å². The highest BCUT2D eigenvalue weighted by atomic mass is 35.5. The summed E-state index contributed by atoms with van der Waals surface area (Å²) in [5.41, 5.74) is 3.27. The predicted octanol–water partition coefficient (Wildman–Crippen LogP) is 3.75. The van der Waals surface area contributed by atoms with Gasteiger partial charge in [0.1, 0.15) is 0 Å². The maximum absolute atomic E-state index is 8.67. The summed E-state index contributed by atoms with van der Waals surface area (Å²) in [5, 5.41) is 9.43. The van der Waals surface area contributed by atoms with Gasteiger partial charge in [-0.15, -0.1) is 0 Å². The van der Waals surface area contributed by atoms with E-state index in [1.165, 1.54) is 0 Å². The van der Waals surface area contributed by atoms with Crippen molar-refractivity contribution in [1.82, 2.24) is 5.48 Å². The van der Waals surface area contributed by atoms with E-state index >= 15 is 0 Å². The first-order valence-corrected chi connectivity index (χ1v) is 5.71. The maximum Gasteiger partial charge on any atom is 0.0478 e. The van der Waals surface area contributed by atoms with Crippen molar-refractivity contribution in [3.05, 3.63) is 40.9 Å². The number of halogens is 1. The fourth-order valence-electron chi connectivity index (χ4n) is 1.40. The Bertz CT molecular complexity index is 361. The molecule has 1 aromatic rings. The average Bonchev–Trinajstić information content (AvgIpc) is 2.20. The first-order valence-electron chi connectivity index (χ1n) is 5.33. The molecule has 0 fully saturated rings. The van der Waals surface area contributed by atoms with Gasteiger partial charge in [0.15, 0.2) is 0 Å². The zero-order chi connectivity index (χ0) is 12.0. The van der Waals surface area contributed by atoms with Crippen LogP contribution in [-0.2, 0) is 0 Å². The first kappa shape index (κ1) is 13.2. The molecule has 1 aromatic carbocycles. The van der Waals surface area contributed by atoms with Crippen LogP contribution in [0, 0.1) is 5.41 Å². The molecule has 0 amide bonds. The molecule has 0 atom stereocenters. The van der Waals surface area contributed by atoms with Crippen LogP contribution in [0.5, 0.6) is 0 Å². The fraction of sp³-hybridized carbons (Fsp3) is 0.385. The molecule has 2 nitrogen and oxygen atoms in total. The second-order valence-corrected chi connectivity index (χ2v) is 5.03. The lowest BCUT2D eigenvalue weighted by atomic mass is 9.89. The standard InChI is InChI=1S/C13H18ClNO/c1-13(2,10-15-16)9-5-7-11-6-3-4-8-12(11)14/h3-8,15-16H,9-10H2,1-2H3/b7-5+. The summed E-state index contributed by atoms with van der Waals surface area (Å²) < 4.78 is 0. The van der Waals surface area contributed by atoms with Crippen molar-refractivity contribution in [2.75, 3.05) is 6.54 Å². The summed E-state index contributed by atoms with van der Waals surface area (Å²) in [5.74, 6) is 0. The van der Waals surface area contributed by atoms with Crippen LogP contribution in [0.25, 0.3) is 6.08 Å². The molecule has 16 heavy (non-hydrogen) atoms. The minimum atomic E-state index is 0.0342. The van der Waals surface area contributed by atoms with Crippen LogP contribution in [0.2, 0.25) is 5.02 Å². The second-order valence-electron chi connectivity index (χ2n) is 4.63. The van der Waals surface area contributed by atoms with Crippen molar-refractivity contribution < 1.29 is 5.21 Å². The number of rotatable bonds is 5. The molecule has 0 bridgehead atoms. The van der Waals surface area contributed by atoms with E-state index < -0.39 is 0 Å². The average molecular weight is 240 g/mol. The molecule has 0 aliphatic rings. The quantitative estimate of drug-likeness (QED) is 0.767. The van der Waals surface area contributed by atoms with Crippen molar-refractivity contribution in [3.63, 3.8) is 0 Å². The highest BCUT2D eigenvalue weighted by Crippen LogP contribution is 2.22. The van der Waals surface area contributed by atoms with Gasteiger partial charge in [-0.05, 0) is 23.5 Å². The van der Waals surface area contributed by atoms with Gasteiger partial charge in [-0.2, -0.15) is 0 Å². The molecule has 1 rings (SSSR count). The van der Waals surface area contributed by atoms with E-state index in [2.05, 4.69) is 25.4 Å². The highest BCUT2D eigenvalue weighted by Gasteiger charge is 2.14. The van der Waals surface area contributed by atoms with Gasteiger partial charge >= 0.3 is 0 Å². The molecule has 0 aliphatic heterocycles. The Morgan fingerprint density at radius 3 is 2.69 bits per heavy atom. The largest absolute Gasteiger partial charge is 0.317 e. The molecule has 0 saturated heterocycles. The fourth-order valence-corrected chi connectivity index (χ4v) is 1.60. The normalized spacial score (nSPS) is 12.2. The molecule has 0 radical (unpaired) electrons. The lowest BCUT2D eigenvalue weighted by molar-refractivity contribution is 0.125. The Morgan fingerprint density at radius 2 is 2.06 bits per heavy atom. The van der Waals surface area contributed by atoms with E-state index in [0.717, 1.165) is 17.0 Å². The SMILES string of the molecule is CC(C)(C/C=C/c1ccccc1Cl)CNO. The van der Waals surface area contributed by atoms with Crippen molar-refractivity contribution in [3.8, 4) is 0 Å². The molecule has 0 saturated carbocycles. The first-order chi connectivity index (χ1) is 7.55. The van der Waals surface area contributed by atoms with Crippen LogP contribution in [0.4, 0.5) is 0 Å². The number of nitrogens with one attached hydrogen (secondary N) is 1. The van der Waals surface area contributed by atoms with Gasteiger partial charge in [0.2, 0.25) is 0 Å². The van der Waals surface area contributed by atoms with Crippen molar-refractivity contribution in [2.45, 2.75) is 20.3 Å². The zero-order valence-corrected chi connectivity index (χ0v) is 10.5. The monoisotopic (exact) mass is 239 g/mol. The van der Waals surface area contributed by atoms with E-state index in [-0.39, 0.29) is 5.41 Å². The van der Waals surface area contributed by atoms with E-state index in [1.807, 2.05) is 30.3 Å². The Kier molecular flexibility index (Phi) is 5.00. The van der Waals surface area contributed by atoms with Crippen molar-refractivity contribution in [1.29, 1.82) is 0 Å². The summed E-state index contributed by atoms with van der Waals surface area (Å²) in [6.45, 7) is 4.75. The van der Waals surface area contributed by atoms with Crippen molar-refractivity contribution in [2.24, 2.45) is 5.41 Å². The Labute approximate surface area is 102 Å². The third-order valence-electron chi connectivity index (χ3n) is 2.43. The van der Waals surface area contributed by atoms with E-state index in [4.69, 9.17) is 16.8 Å². The van der Waals surface area contributed by atoms with Crippen LogP contribution in [0.3, 0.4) is 0 Å². The van der Waals surface area contributed by atoms with Crippen LogP contribution in [0.1, 0.15) is 25.8 Å². The number of hydrogen-bond donors (Lipinski definition) is 2. The summed E-state index contributed by atoms with van der Waals surface area (Å²) in [7, 11) is 0. The van der Waals surface area contributed by atoms with Gasteiger partial charge in [0.25, 0.3) is 0 Å².